The minimum Gasteiger partial charge on any atom is -0.383 e. The highest BCUT2D eigenvalue weighted by Crippen LogP contribution is 2.24. The zero-order chi connectivity index (χ0) is 17.8. The van der Waals surface area contributed by atoms with Crippen LogP contribution in [-0.2, 0) is 6.42 Å². The minimum absolute atomic E-state index is 0.287. The molecule has 0 saturated heterocycles. The third kappa shape index (κ3) is 3.63. The van der Waals surface area contributed by atoms with Gasteiger partial charge < -0.3 is 16.0 Å². The average Bonchev–Trinajstić information content (AvgIpc) is 3.06. The van der Waals surface area contributed by atoms with E-state index in [-0.39, 0.29) is 11.9 Å². The molecular formula is C19H21N5O. The van der Waals surface area contributed by atoms with Crippen molar-refractivity contribution in [3.05, 3.63) is 65.9 Å². The first-order valence-corrected chi connectivity index (χ1v) is 8.08. The van der Waals surface area contributed by atoms with Gasteiger partial charge in [-0.3, -0.25) is 15.1 Å². The molecule has 6 nitrogen and oxygen atoms in total. The second-order valence-electron chi connectivity index (χ2n) is 5.86. The summed E-state index contributed by atoms with van der Waals surface area (Å²) in [6.45, 7) is 0.790. The summed E-state index contributed by atoms with van der Waals surface area (Å²) in [7, 11) is 1.48. The number of H-pyrrole nitrogens is 1. The average molecular weight is 335 g/mol. The van der Waals surface area contributed by atoms with Gasteiger partial charge in [-0.2, -0.15) is 0 Å². The van der Waals surface area contributed by atoms with E-state index >= 15 is 0 Å². The number of nitrogens with two attached hydrogens (primary N) is 1. The van der Waals surface area contributed by atoms with Gasteiger partial charge in [0.05, 0.1) is 11.2 Å². The number of aromatic nitrogens is 1. The van der Waals surface area contributed by atoms with Crippen LogP contribution in [0.5, 0.6) is 0 Å². The molecule has 0 unspecified atom stereocenters. The van der Waals surface area contributed by atoms with Crippen molar-refractivity contribution in [2.45, 2.75) is 6.42 Å². The smallest absolute Gasteiger partial charge is 0.276 e. The molecule has 0 aliphatic carbocycles. The first-order chi connectivity index (χ1) is 12.1. The van der Waals surface area contributed by atoms with E-state index in [0.717, 1.165) is 34.5 Å². The largest absolute Gasteiger partial charge is 0.383 e. The van der Waals surface area contributed by atoms with E-state index in [2.05, 4.69) is 22.4 Å². The van der Waals surface area contributed by atoms with Crippen molar-refractivity contribution in [3.8, 4) is 0 Å². The highest BCUT2D eigenvalue weighted by molar-refractivity contribution is 6.06. The quantitative estimate of drug-likeness (QED) is 0.426. The third-order valence-corrected chi connectivity index (χ3v) is 4.12. The summed E-state index contributed by atoms with van der Waals surface area (Å²) < 4.78 is 0. The Hall–Kier alpha value is -3.28. The van der Waals surface area contributed by atoms with Crippen LogP contribution in [0.25, 0.3) is 10.9 Å². The molecule has 0 radical (unpaired) electrons. The molecule has 5 N–H and O–H groups in total. The lowest BCUT2D eigenvalue weighted by molar-refractivity contribution is 0.0864. The van der Waals surface area contributed by atoms with E-state index in [9.17, 15) is 4.79 Å². The molecule has 1 aromatic heterocycles. The van der Waals surface area contributed by atoms with Crippen LogP contribution in [0.2, 0.25) is 0 Å². The molecule has 3 rings (SSSR count). The number of rotatable bonds is 5. The lowest BCUT2D eigenvalue weighted by Gasteiger charge is -2.13. The van der Waals surface area contributed by atoms with Crippen LogP contribution < -0.4 is 11.1 Å². The second kappa shape index (κ2) is 7.09. The number of fused-ring (bicyclic) bond motifs is 1. The van der Waals surface area contributed by atoms with Gasteiger partial charge in [0.25, 0.3) is 5.91 Å². The van der Waals surface area contributed by atoms with E-state index in [1.165, 1.54) is 12.6 Å². The number of para-hydroxylation sites is 1. The van der Waals surface area contributed by atoms with Crippen LogP contribution in [0, 0.1) is 5.41 Å². The van der Waals surface area contributed by atoms with Crippen LogP contribution in [0.1, 0.15) is 16.1 Å². The molecule has 1 amide bonds. The molecule has 25 heavy (non-hydrogen) atoms. The molecule has 0 atom stereocenters. The number of carbonyl (C=O) groups is 1. The van der Waals surface area contributed by atoms with E-state index in [1.54, 1.807) is 6.07 Å². The van der Waals surface area contributed by atoms with Crippen molar-refractivity contribution >= 4 is 28.5 Å². The van der Waals surface area contributed by atoms with Gasteiger partial charge in [-0.25, -0.2) is 0 Å². The number of amides is 1. The summed E-state index contributed by atoms with van der Waals surface area (Å²) in [4.78, 5) is 16.6. The van der Waals surface area contributed by atoms with Crippen LogP contribution in [0.15, 0.2) is 54.6 Å². The summed E-state index contributed by atoms with van der Waals surface area (Å²) in [5.74, 6) is -0.621. The zero-order valence-electron chi connectivity index (χ0n) is 14.0. The van der Waals surface area contributed by atoms with Crippen molar-refractivity contribution in [3.63, 3.8) is 0 Å². The molecule has 128 valence electrons. The summed E-state index contributed by atoms with van der Waals surface area (Å²) in [6.07, 6.45) is 0.913. The fourth-order valence-corrected chi connectivity index (χ4v) is 2.69. The van der Waals surface area contributed by atoms with Gasteiger partial charge in [0.1, 0.15) is 5.69 Å². The minimum atomic E-state index is -0.334. The molecule has 0 aliphatic rings. The Kier molecular flexibility index (Phi) is 4.70. The Bertz CT molecular complexity index is 901. The lowest BCUT2D eigenvalue weighted by atomic mass is 10.1. The third-order valence-electron chi connectivity index (χ3n) is 4.12. The summed E-state index contributed by atoms with van der Waals surface area (Å²) in [6, 6.07) is 17.9. The van der Waals surface area contributed by atoms with Gasteiger partial charge in [-0.15, -0.1) is 0 Å². The molecule has 1 heterocycles. The topological polar surface area (TPSA) is 98.0 Å². The van der Waals surface area contributed by atoms with Gasteiger partial charge >= 0.3 is 0 Å². The van der Waals surface area contributed by atoms with Crippen molar-refractivity contribution in [1.82, 2.24) is 9.88 Å². The maximum atomic E-state index is 12.3. The SMILES string of the molecule is CN(C(=N)N)C(=O)c1cc2cccc(NCCc3ccccc3)c2[nH]1. The van der Waals surface area contributed by atoms with Gasteiger partial charge in [0.15, 0.2) is 5.96 Å². The maximum absolute atomic E-state index is 12.3. The Morgan fingerprint density at radius 3 is 2.68 bits per heavy atom. The normalized spacial score (nSPS) is 10.6. The molecule has 0 spiro atoms. The number of nitrogens with one attached hydrogen (secondary N) is 3. The van der Waals surface area contributed by atoms with Crippen LogP contribution in [-0.4, -0.2) is 35.3 Å². The second-order valence-corrected chi connectivity index (χ2v) is 5.86. The monoisotopic (exact) mass is 335 g/mol. The highest BCUT2D eigenvalue weighted by atomic mass is 16.2. The molecule has 2 aromatic carbocycles. The van der Waals surface area contributed by atoms with Crippen molar-refractivity contribution < 1.29 is 4.79 Å². The van der Waals surface area contributed by atoms with E-state index in [4.69, 9.17) is 11.1 Å². The Balaban J connectivity index is 1.77. The van der Waals surface area contributed by atoms with Crippen LogP contribution in [0.3, 0.4) is 0 Å². The Labute approximate surface area is 146 Å². The standard InChI is InChI=1S/C19H21N5O/c1-24(19(20)21)18(25)16-12-14-8-5-9-15(17(14)23-16)22-11-10-13-6-3-2-4-7-13/h2-9,12,22-23H,10-11H2,1H3,(H3,20,21). The maximum Gasteiger partial charge on any atom is 0.276 e. The number of anilines is 1. The zero-order valence-corrected chi connectivity index (χ0v) is 14.0. The van der Waals surface area contributed by atoms with Gasteiger partial charge in [0, 0.05) is 19.0 Å². The molecule has 6 heteroatoms. The van der Waals surface area contributed by atoms with E-state index in [1.807, 2.05) is 36.4 Å². The number of nitrogens with zero attached hydrogens (tertiary/aromatic N) is 1. The van der Waals surface area contributed by atoms with Crippen molar-refractivity contribution in [2.24, 2.45) is 5.73 Å². The lowest BCUT2D eigenvalue weighted by Crippen LogP contribution is -2.38. The molecule has 0 bridgehead atoms. The van der Waals surface area contributed by atoms with Crippen molar-refractivity contribution in [1.29, 1.82) is 5.41 Å². The van der Waals surface area contributed by atoms with Gasteiger partial charge in [-0.05, 0) is 24.1 Å². The molecular weight excluding hydrogens is 314 g/mol. The van der Waals surface area contributed by atoms with Crippen LogP contribution >= 0.6 is 0 Å². The van der Waals surface area contributed by atoms with Gasteiger partial charge in [0.2, 0.25) is 0 Å². The number of aromatic amines is 1. The Morgan fingerprint density at radius 1 is 1.20 bits per heavy atom. The van der Waals surface area contributed by atoms with E-state index < -0.39 is 0 Å². The number of hydrogen-bond donors (Lipinski definition) is 4. The summed E-state index contributed by atoms with van der Waals surface area (Å²) >= 11 is 0. The Morgan fingerprint density at radius 2 is 1.96 bits per heavy atom. The van der Waals surface area contributed by atoms with Crippen molar-refractivity contribution in [2.75, 3.05) is 18.9 Å². The predicted octanol–water partition coefficient (Wildman–Crippen LogP) is 2.79. The molecule has 0 saturated carbocycles. The first-order valence-electron chi connectivity index (χ1n) is 8.08. The number of guanidine groups is 1. The summed E-state index contributed by atoms with van der Waals surface area (Å²) in [5.41, 5.74) is 8.87. The molecule has 0 fully saturated rings. The molecule has 0 aliphatic heterocycles. The molecule has 3 aromatic rings. The summed E-state index contributed by atoms with van der Waals surface area (Å²) in [5, 5.41) is 11.7. The van der Waals surface area contributed by atoms with Gasteiger partial charge in [-0.1, -0.05) is 42.5 Å². The first kappa shape index (κ1) is 16.6. The van der Waals surface area contributed by atoms with E-state index in [0.29, 0.717) is 5.69 Å². The predicted molar refractivity (Wildman–Crippen MR) is 101 cm³/mol. The fraction of sp³-hybridized carbons (Fsp3) is 0.158. The fourth-order valence-electron chi connectivity index (χ4n) is 2.69. The number of carbonyl (C=O) groups excluding carboxylic acids is 1. The number of hydrogen-bond acceptors (Lipinski definition) is 3. The number of benzene rings is 2. The highest BCUT2D eigenvalue weighted by Gasteiger charge is 2.17. The van der Waals surface area contributed by atoms with Crippen LogP contribution in [0.4, 0.5) is 5.69 Å².